The van der Waals surface area contributed by atoms with Crippen LogP contribution < -0.4 is 24.8 Å². The Morgan fingerprint density at radius 2 is 1.73 bits per heavy atom. The van der Waals surface area contributed by atoms with Gasteiger partial charge in [0.15, 0.2) is 0 Å². The van der Waals surface area contributed by atoms with Gasteiger partial charge in [0.25, 0.3) is 5.91 Å². The molecule has 1 saturated heterocycles. The summed E-state index contributed by atoms with van der Waals surface area (Å²) in [6.45, 7) is 14.3. The minimum atomic E-state index is -4.15. The molecule has 62 heavy (non-hydrogen) atoms. The Bertz CT molecular complexity index is 2400. The summed E-state index contributed by atoms with van der Waals surface area (Å²) in [5.74, 6) is -1.56. The Kier molecular flexibility index (Phi) is 12.0. The Balaban J connectivity index is 1.21. The molecule has 2 saturated carbocycles. The summed E-state index contributed by atoms with van der Waals surface area (Å²) in [6, 6.07) is 14.5. The van der Waals surface area contributed by atoms with Crippen molar-refractivity contribution in [3.05, 3.63) is 78.9 Å². The third-order valence-corrected chi connectivity index (χ3v) is 14.5. The van der Waals surface area contributed by atoms with Crippen LogP contribution >= 0.6 is 0 Å². The van der Waals surface area contributed by atoms with Crippen molar-refractivity contribution in [2.45, 2.75) is 127 Å². The number of aromatic nitrogens is 1. The number of sulfonamides is 1. The number of hydrogen-bond acceptors (Lipinski definition) is 10. The molecule has 7 rings (SSSR count). The second-order valence-corrected chi connectivity index (χ2v) is 21.1. The van der Waals surface area contributed by atoms with Crippen molar-refractivity contribution >= 4 is 44.7 Å². The van der Waals surface area contributed by atoms with Gasteiger partial charge in [0.1, 0.15) is 45.6 Å². The minimum absolute atomic E-state index is 0.00747. The zero-order valence-electron chi connectivity index (χ0n) is 36.7. The highest BCUT2D eigenvalue weighted by molar-refractivity contribution is 7.92. The molecule has 2 heterocycles. The van der Waals surface area contributed by atoms with Crippen LogP contribution in [0.3, 0.4) is 0 Å². The third-order valence-electron chi connectivity index (χ3n) is 12.3. The molecule has 3 fully saturated rings. The van der Waals surface area contributed by atoms with Gasteiger partial charge in [-0.15, -0.1) is 6.58 Å². The number of alkyl carbamates (subject to hydrolysis) is 1. The Hall–Kier alpha value is -5.44. The van der Waals surface area contributed by atoms with E-state index in [4.69, 9.17) is 19.2 Å². The van der Waals surface area contributed by atoms with Gasteiger partial charge in [0.2, 0.25) is 21.8 Å². The maximum Gasteiger partial charge on any atom is 0.408 e. The highest BCUT2D eigenvalue weighted by Crippen LogP contribution is 2.53. The zero-order valence-corrected chi connectivity index (χ0v) is 37.5. The van der Waals surface area contributed by atoms with Gasteiger partial charge in [-0.3, -0.25) is 19.1 Å². The first-order valence-electron chi connectivity index (χ1n) is 21.4. The van der Waals surface area contributed by atoms with Crippen LogP contribution in [0.2, 0.25) is 0 Å². The van der Waals surface area contributed by atoms with Crippen LogP contribution in [-0.2, 0) is 29.1 Å². The van der Waals surface area contributed by atoms with Crippen LogP contribution in [-0.4, -0.2) is 89.8 Å². The van der Waals surface area contributed by atoms with Crippen molar-refractivity contribution in [2.75, 3.05) is 13.7 Å². The summed E-state index contributed by atoms with van der Waals surface area (Å²) < 4.78 is 46.9. The van der Waals surface area contributed by atoms with Crippen LogP contribution in [0.1, 0.15) is 92.9 Å². The zero-order chi connectivity index (χ0) is 44.8. The normalized spacial score (nSPS) is 23.6. The lowest BCUT2D eigenvalue weighted by molar-refractivity contribution is -0.143. The topological polar surface area (TPSA) is 182 Å². The van der Waals surface area contributed by atoms with Crippen LogP contribution in [0.4, 0.5) is 4.79 Å². The van der Waals surface area contributed by atoms with Crippen molar-refractivity contribution in [3.63, 3.8) is 0 Å². The number of nitrogens with one attached hydrogen (secondary N) is 3. The molecule has 4 amide bonds. The largest absolute Gasteiger partial charge is 0.497 e. The lowest BCUT2D eigenvalue weighted by Gasteiger charge is -2.36. The summed E-state index contributed by atoms with van der Waals surface area (Å²) in [6.07, 6.45) is 6.29. The lowest BCUT2D eigenvalue weighted by Crippen LogP contribution is -2.60. The molecule has 4 aliphatic rings. The van der Waals surface area contributed by atoms with E-state index in [1.54, 1.807) is 60.8 Å². The van der Waals surface area contributed by atoms with E-state index >= 15 is 0 Å². The van der Waals surface area contributed by atoms with Gasteiger partial charge in [-0.1, -0.05) is 68.8 Å². The summed E-state index contributed by atoms with van der Waals surface area (Å²) in [5, 5.41) is 6.32. The molecular weight excluding hydrogens is 811 g/mol. The number of amides is 4. The molecule has 1 unspecified atom stereocenters. The Morgan fingerprint density at radius 3 is 2.32 bits per heavy atom. The minimum Gasteiger partial charge on any atom is -0.497 e. The standard InChI is InChI=1S/C47H59N5O9S/c1-9-30-27-47(30,42(55)51-62(57,58)46(22-23-46)31-18-14-11-15-19-31)50-40(53)37-25-33(28-52(37)41(54)39(44(2,3)4)49-43(56)61-45(5,6)7)60-38-26-35(29-16-12-10-13-17-29)48-36-24-32(59-8)20-21-34(36)38/h9-10,12-13,16-18,20-21,24,26,30,33,37,39H,1,11,14-15,19,22-23,25,27-28H2,2-8H3,(H,49,56)(H,50,53)(H,51,55)/t30?,33-,37+,39-,47-/m1/s1. The maximum atomic E-state index is 14.8. The average Bonchev–Trinajstić information content (AvgIpc) is 4.14. The summed E-state index contributed by atoms with van der Waals surface area (Å²) in [4.78, 5) is 63.2. The van der Waals surface area contributed by atoms with Crippen molar-refractivity contribution < 1.29 is 41.8 Å². The molecule has 3 aromatic rings. The monoisotopic (exact) mass is 869 g/mol. The quantitative estimate of drug-likeness (QED) is 0.156. The number of benzene rings is 2. The van der Waals surface area contributed by atoms with Crippen LogP contribution in [0.25, 0.3) is 22.2 Å². The smallest absolute Gasteiger partial charge is 0.408 e. The molecule has 0 spiro atoms. The van der Waals surface area contributed by atoms with Crippen molar-refractivity contribution in [3.8, 4) is 22.8 Å². The summed E-state index contributed by atoms with van der Waals surface area (Å²) in [7, 11) is -2.57. The fraction of sp³-hybridized carbons (Fsp3) is 0.511. The predicted molar refractivity (Wildman–Crippen MR) is 236 cm³/mol. The number of carbonyl (C=O) groups is 4. The van der Waals surface area contributed by atoms with Gasteiger partial charge in [-0.05, 0) is 83.3 Å². The average molecular weight is 870 g/mol. The van der Waals surface area contributed by atoms with Crippen molar-refractivity contribution in [2.24, 2.45) is 11.3 Å². The van der Waals surface area contributed by atoms with Crippen LogP contribution in [0, 0.1) is 11.3 Å². The molecule has 1 aliphatic heterocycles. The summed E-state index contributed by atoms with van der Waals surface area (Å²) >= 11 is 0. The number of carbonyl (C=O) groups excluding carboxylic acids is 4. The fourth-order valence-corrected chi connectivity index (χ4v) is 10.5. The highest BCUT2D eigenvalue weighted by atomic mass is 32.2. The van der Waals surface area contributed by atoms with Gasteiger partial charge in [-0.2, -0.15) is 0 Å². The molecule has 14 nitrogen and oxygen atoms in total. The van der Waals surface area contributed by atoms with E-state index in [0.29, 0.717) is 47.4 Å². The van der Waals surface area contributed by atoms with E-state index in [1.807, 2.05) is 48.5 Å². The van der Waals surface area contributed by atoms with E-state index in [0.717, 1.165) is 30.4 Å². The van der Waals surface area contributed by atoms with Crippen LogP contribution in [0.5, 0.6) is 11.5 Å². The molecule has 332 valence electrons. The maximum absolute atomic E-state index is 14.8. The highest BCUT2D eigenvalue weighted by Gasteiger charge is 2.64. The molecule has 5 atom stereocenters. The molecule has 15 heteroatoms. The second kappa shape index (κ2) is 16.7. The number of likely N-dealkylation sites (tertiary alicyclic amines) is 1. The molecule has 0 bridgehead atoms. The first-order chi connectivity index (χ1) is 29.2. The summed E-state index contributed by atoms with van der Waals surface area (Å²) in [5.41, 5.74) is -0.369. The number of nitrogens with zero attached hydrogens (tertiary/aromatic N) is 2. The molecule has 0 radical (unpaired) electrons. The SMILES string of the molecule is C=CC1C[C@]1(NC(=O)[C@@H]1C[C@@H](Oc2cc(-c3ccccc3)nc3cc(OC)ccc23)CN1C(=O)[C@@H](NC(=O)OC(C)(C)C)C(C)(C)C)C(=O)NS(=O)(=O)C1(C2=CCCCC2)CC1. The molecular formula is C47H59N5O9S. The lowest BCUT2D eigenvalue weighted by atomic mass is 9.85. The number of fused-ring (bicyclic) bond motifs is 1. The van der Waals surface area contributed by atoms with Gasteiger partial charge in [-0.25, -0.2) is 18.2 Å². The number of rotatable bonds is 13. The number of methoxy groups -OCH3 is 1. The van der Waals surface area contributed by atoms with Gasteiger partial charge in [0.05, 0.1) is 24.9 Å². The molecule has 2 aromatic carbocycles. The first-order valence-corrected chi connectivity index (χ1v) is 22.9. The van der Waals surface area contributed by atoms with E-state index in [1.165, 1.54) is 11.0 Å². The van der Waals surface area contributed by atoms with Gasteiger partial charge >= 0.3 is 6.09 Å². The first kappa shape index (κ1) is 44.6. The van der Waals surface area contributed by atoms with E-state index < -0.39 is 79.2 Å². The van der Waals surface area contributed by atoms with E-state index in [9.17, 15) is 27.6 Å². The number of allylic oxidation sites excluding steroid dienone is 1. The molecule has 3 N–H and O–H groups in total. The predicted octanol–water partition coefficient (Wildman–Crippen LogP) is 6.74. The van der Waals surface area contributed by atoms with E-state index in [2.05, 4.69) is 21.9 Å². The molecule has 1 aromatic heterocycles. The number of pyridine rings is 1. The van der Waals surface area contributed by atoms with Crippen molar-refractivity contribution in [1.29, 1.82) is 0 Å². The second-order valence-electron chi connectivity index (χ2n) is 19.1. The number of ether oxygens (including phenoxy) is 3. The number of hydrogen-bond donors (Lipinski definition) is 3. The van der Waals surface area contributed by atoms with Crippen molar-refractivity contribution in [1.82, 2.24) is 25.2 Å². The fourth-order valence-electron chi connectivity index (χ4n) is 8.73. The third kappa shape index (κ3) is 9.04. The Labute approximate surface area is 364 Å². The Morgan fingerprint density at radius 1 is 1.00 bits per heavy atom. The molecule has 3 aliphatic carbocycles. The van der Waals surface area contributed by atoms with Crippen LogP contribution in [0.15, 0.2) is 78.9 Å². The van der Waals surface area contributed by atoms with Gasteiger partial charge < -0.3 is 29.7 Å². The van der Waals surface area contributed by atoms with Gasteiger partial charge in [0, 0.05) is 35.4 Å². The van der Waals surface area contributed by atoms with E-state index in [-0.39, 0.29) is 19.4 Å².